The van der Waals surface area contributed by atoms with Gasteiger partial charge in [0.2, 0.25) is 17.7 Å². The number of hydrogen-bond donors (Lipinski definition) is 4. The monoisotopic (exact) mass is 803 g/mol. The van der Waals surface area contributed by atoms with Crippen molar-refractivity contribution in [2.24, 2.45) is 0 Å². The van der Waals surface area contributed by atoms with Gasteiger partial charge in [-0.3, -0.25) is 24.0 Å². The molecule has 0 saturated carbocycles. The maximum absolute atomic E-state index is 12.9. The SMILES string of the molecule is CCCCCCCCCCCCCCCCCC(=O)Oc1ccc(/C=C/C(=O)NCC(=O)N[C@H](C(=O)N[C@H](CCC(=O)OCC)C(=O)OCC)[C@@H](C)O)cc1OC. The number of nitrogens with one attached hydrogen (secondary N) is 3. The van der Waals surface area contributed by atoms with E-state index in [1.165, 1.54) is 103 Å². The number of aliphatic hydroxyl groups is 1. The molecule has 0 aromatic heterocycles. The van der Waals surface area contributed by atoms with Crippen LogP contribution in [0.15, 0.2) is 24.3 Å². The second kappa shape index (κ2) is 31.6. The summed E-state index contributed by atoms with van der Waals surface area (Å²) in [5.74, 6) is -3.41. The highest BCUT2D eigenvalue weighted by atomic mass is 16.6. The molecular formula is C43H69N3O11. The molecule has 1 aromatic rings. The van der Waals surface area contributed by atoms with Gasteiger partial charge in [-0.05, 0) is 57.4 Å². The van der Waals surface area contributed by atoms with Crippen LogP contribution in [0.4, 0.5) is 0 Å². The van der Waals surface area contributed by atoms with E-state index in [1.54, 1.807) is 32.0 Å². The van der Waals surface area contributed by atoms with Crippen molar-refractivity contribution in [1.82, 2.24) is 16.0 Å². The van der Waals surface area contributed by atoms with Gasteiger partial charge in [0.15, 0.2) is 11.5 Å². The van der Waals surface area contributed by atoms with Crippen molar-refractivity contribution < 1.29 is 52.8 Å². The first-order valence-corrected chi connectivity index (χ1v) is 20.9. The predicted molar refractivity (Wildman–Crippen MR) is 218 cm³/mol. The number of esters is 3. The van der Waals surface area contributed by atoms with E-state index >= 15 is 0 Å². The third kappa shape index (κ3) is 24.0. The van der Waals surface area contributed by atoms with Crippen molar-refractivity contribution in [2.75, 3.05) is 26.9 Å². The van der Waals surface area contributed by atoms with Crippen LogP contribution in [0, 0.1) is 0 Å². The number of carbonyl (C=O) groups is 6. The van der Waals surface area contributed by atoms with Crippen molar-refractivity contribution in [3.63, 3.8) is 0 Å². The molecule has 0 radical (unpaired) electrons. The number of hydrogen-bond acceptors (Lipinski definition) is 11. The summed E-state index contributed by atoms with van der Waals surface area (Å²) in [5.41, 5.74) is 0.568. The quantitative estimate of drug-likeness (QED) is 0.0278. The summed E-state index contributed by atoms with van der Waals surface area (Å²) in [6.07, 6.45) is 20.0. The standard InChI is InChI=1S/C43H69N3O11/c1-6-9-10-11-12-13-14-15-16-17-18-19-20-21-22-23-40(51)57-35-27-24-33(30-36(35)54-5)25-28-37(48)44-31-38(49)46-41(32(4)47)42(52)45-34(43(53)56-8-3)26-29-39(50)55-7-2/h24-25,27-28,30,32,34,41,47H,6-23,26,29,31H2,1-5H3,(H,44,48)(H,45,52)(H,46,49)/b28-25+/t32-,34-,41+/m1/s1. The highest BCUT2D eigenvalue weighted by Crippen LogP contribution is 2.29. The molecule has 14 heteroatoms. The number of aliphatic hydroxyl groups excluding tert-OH is 1. The maximum atomic E-state index is 12.9. The topological polar surface area (TPSA) is 196 Å². The van der Waals surface area contributed by atoms with Crippen LogP contribution in [-0.2, 0) is 38.2 Å². The molecule has 3 amide bonds. The third-order valence-electron chi connectivity index (χ3n) is 9.16. The lowest BCUT2D eigenvalue weighted by atomic mass is 10.0. The summed E-state index contributed by atoms with van der Waals surface area (Å²) in [7, 11) is 1.45. The summed E-state index contributed by atoms with van der Waals surface area (Å²) >= 11 is 0. The normalized spacial score (nSPS) is 12.6. The minimum atomic E-state index is -1.48. The summed E-state index contributed by atoms with van der Waals surface area (Å²) in [4.78, 5) is 74.7. The molecule has 57 heavy (non-hydrogen) atoms. The van der Waals surface area contributed by atoms with E-state index in [-0.39, 0.29) is 37.8 Å². The Morgan fingerprint density at radius 2 is 1.30 bits per heavy atom. The molecule has 0 aliphatic rings. The Balaban J connectivity index is 2.48. The van der Waals surface area contributed by atoms with Crippen molar-refractivity contribution in [1.29, 1.82) is 0 Å². The zero-order chi connectivity index (χ0) is 42.3. The number of unbranched alkanes of at least 4 members (excludes halogenated alkanes) is 14. The van der Waals surface area contributed by atoms with E-state index in [0.717, 1.165) is 19.3 Å². The van der Waals surface area contributed by atoms with Crippen LogP contribution in [0.1, 0.15) is 149 Å². The van der Waals surface area contributed by atoms with Crippen LogP contribution in [0.3, 0.4) is 0 Å². The molecular weight excluding hydrogens is 734 g/mol. The van der Waals surface area contributed by atoms with Gasteiger partial charge in [-0.25, -0.2) is 4.79 Å². The highest BCUT2D eigenvalue weighted by molar-refractivity contribution is 5.96. The lowest BCUT2D eigenvalue weighted by Crippen LogP contribution is -2.57. The van der Waals surface area contributed by atoms with Gasteiger partial charge in [-0.2, -0.15) is 0 Å². The number of amides is 3. The number of benzene rings is 1. The smallest absolute Gasteiger partial charge is 0.328 e. The van der Waals surface area contributed by atoms with Crippen LogP contribution in [0.2, 0.25) is 0 Å². The molecule has 1 rings (SSSR count). The molecule has 0 bridgehead atoms. The molecule has 0 heterocycles. The predicted octanol–water partition coefficient (Wildman–Crippen LogP) is 6.25. The molecule has 3 atom stereocenters. The Kier molecular flexibility index (Phi) is 28.0. The molecule has 0 saturated heterocycles. The van der Waals surface area contributed by atoms with Gasteiger partial charge in [0.1, 0.15) is 12.1 Å². The fraction of sp³-hybridized carbons (Fsp3) is 0.674. The minimum absolute atomic E-state index is 0.0310. The average molecular weight is 804 g/mol. The van der Waals surface area contributed by atoms with E-state index < -0.39 is 54.4 Å². The van der Waals surface area contributed by atoms with Gasteiger partial charge >= 0.3 is 17.9 Å². The molecule has 0 aliphatic heterocycles. The van der Waals surface area contributed by atoms with Gasteiger partial charge in [-0.1, -0.05) is 103 Å². The van der Waals surface area contributed by atoms with E-state index in [1.807, 2.05) is 0 Å². The van der Waals surface area contributed by atoms with Crippen molar-refractivity contribution in [3.8, 4) is 11.5 Å². The van der Waals surface area contributed by atoms with Crippen molar-refractivity contribution in [3.05, 3.63) is 29.8 Å². The van der Waals surface area contributed by atoms with Gasteiger partial charge in [0, 0.05) is 18.9 Å². The molecule has 4 N–H and O–H groups in total. The van der Waals surface area contributed by atoms with E-state index in [4.69, 9.17) is 18.9 Å². The summed E-state index contributed by atoms with van der Waals surface area (Å²) in [6.45, 7) is 6.39. The molecule has 0 aliphatic carbocycles. The summed E-state index contributed by atoms with van der Waals surface area (Å²) in [5, 5.41) is 17.3. The van der Waals surface area contributed by atoms with Crippen molar-refractivity contribution >= 4 is 41.7 Å². The first-order chi connectivity index (χ1) is 27.4. The fourth-order valence-corrected chi connectivity index (χ4v) is 5.96. The Morgan fingerprint density at radius 1 is 0.719 bits per heavy atom. The Morgan fingerprint density at radius 3 is 1.84 bits per heavy atom. The number of ether oxygens (including phenoxy) is 4. The molecule has 1 aromatic carbocycles. The van der Waals surface area contributed by atoms with Crippen LogP contribution in [0.25, 0.3) is 6.08 Å². The number of carbonyl (C=O) groups excluding carboxylic acids is 6. The zero-order valence-electron chi connectivity index (χ0n) is 35.0. The molecule has 0 unspecified atom stereocenters. The molecule has 14 nitrogen and oxygen atoms in total. The van der Waals surface area contributed by atoms with Crippen LogP contribution < -0.4 is 25.4 Å². The number of rotatable bonds is 32. The summed E-state index contributed by atoms with van der Waals surface area (Å²) in [6, 6.07) is 2.13. The Hall–Kier alpha value is -4.46. The summed E-state index contributed by atoms with van der Waals surface area (Å²) < 4.78 is 20.8. The van der Waals surface area contributed by atoms with E-state index in [9.17, 15) is 33.9 Å². The first-order valence-electron chi connectivity index (χ1n) is 20.9. The van der Waals surface area contributed by atoms with Gasteiger partial charge in [0.05, 0.1) is 33.0 Å². The zero-order valence-corrected chi connectivity index (χ0v) is 35.0. The molecule has 322 valence electrons. The van der Waals surface area contributed by atoms with E-state index in [2.05, 4.69) is 22.9 Å². The first kappa shape index (κ1) is 50.6. The van der Waals surface area contributed by atoms with Gasteiger partial charge in [-0.15, -0.1) is 0 Å². The third-order valence-corrected chi connectivity index (χ3v) is 9.16. The van der Waals surface area contributed by atoms with Gasteiger partial charge in [0.25, 0.3) is 0 Å². The lowest BCUT2D eigenvalue weighted by Gasteiger charge is -2.24. The molecule has 0 fully saturated rings. The van der Waals surface area contributed by atoms with Crippen LogP contribution in [-0.4, -0.2) is 85.8 Å². The fourth-order valence-electron chi connectivity index (χ4n) is 5.96. The average Bonchev–Trinajstić information content (AvgIpc) is 3.18. The highest BCUT2D eigenvalue weighted by Gasteiger charge is 2.31. The van der Waals surface area contributed by atoms with Crippen molar-refractivity contribution in [2.45, 2.75) is 161 Å². The second-order valence-corrected chi connectivity index (χ2v) is 14.1. The minimum Gasteiger partial charge on any atom is -0.493 e. The Bertz CT molecular complexity index is 1380. The van der Waals surface area contributed by atoms with E-state index in [0.29, 0.717) is 17.7 Å². The maximum Gasteiger partial charge on any atom is 0.328 e. The molecule has 0 spiro atoms. The Labute approximate surface area is 339 Å². The van der Waals surface area contributed by atoms with Crippen LogP contribution in [0.5, 0.6) is 11.5 Å². The van der Waals surface area contributed by atoms with Gasteiger partial charge < -0.3 is 40.0 Å². The lowest BCUT2D eigenvalue weighted by molar-refractivity contribution is -0.149. The van der Waals surface area contributed by atoms with Crippen LogP contribution >= 0.6 is 0 Å². The largest absolute Gasteiger partial charge is 0.493 e. The number of methoxy groups -OCH3 is 1. The second-order valence-electron chi connectivity index (χ2n) is 14.1.